The third-order valence-corrected chi connectivity index (χ3v) is 6.07. The number of amides is 1. The second-order valence-corrected chi connectivity index (χ2v) is 8.34. The van der Waals surface area contributed by atoms with Crippen LogP contribution < -0.4 is 21.0 Å². The van der Waals surface area contributed by atoms with Gasteiger partial charge in [0.15, 0.2) is 0 Å². The zero-order chi connectivity index (χ0) is 24.6. The Kier molecular flexibility index (Phi) is 5.69. The molecule has 1 spiro atoms. The maximum Gasteiger partial charge on any atom is 0.416 e. The summed E-state index contributed by atoms with van der Waals surface area (Å²) in [5.41, 5.74) is 7.65. The lowest BCUT2D eigenvalue weighted by Gasteiger charge is -2.25. The molecule has 2 aromatic heterocycles. The molecule has 1 aromatic carbocycles. The van der Waals surface area contributed by atoms with Crippen molar-refractivity contribution in [3.05, 3.63) is 71.2 Å². The van der Waals surface area contributed by atoms with E-state index in [9.17, 15) is 18.0 Å². The molecule has 2 aliphatic rings. The fraction of sp³-hybridized carbons (Fsp3) is 0.261. The molecule has 9 nitrogen and oxygen atoms in total. The van der Waals surface area contributed by atoms with Crippen molar-refractivity contribution in [2.75, 3.05) is 37.2 Å². The Morgan fingerprint density at radius 2 is 1.86 bits per heavy atom. The van der Waals surface area contributed by atoms with Gasteiger partial charge in [-0.2, -0.15) is 18.2 Å². The zero-order valence-electron chi connectivity index (χ0n) is 18.5. The van der Waals surface area contributed by atoms with E-state index in [0.29, 0.717) is 21.7 Å². The number of halogens is 3. The van der Waals surface area contributed by atoms with Crippen molar-refractivity contribution in [1.82, 2.24) is 24.9 Å². The van der Waals surface area contributed by atoms with Crippen molar-refractivity contribution >= 4 is 29.1 Å². The molecule has 180 valence electrons. The van der Waals surface area contributed by atoms with Gasteiger partial charge in [-0.25, -0.2) is 9.97 Å². The molecule has 0 bridgehead atoms. The lowest BCUT2D eigenvalue weighted by molar-refractivity contribution is -0.137. The van der Waals surface area contributed by atoms with Gasteiger partial charge in [-0.05, 0) is 24.3 Å². The maximum atomic E-state index is 12.9. The first kappa shape index (κ1) is 22.9. The van der Waals surface area contributed by atoms with E-state index in [0.717, 1.165) is 62.3 Å². The number of quaternary nitrogens is 1. The van der Waals surface area contributed by atoms with Crippen LogP contribution in [0.5, 0.6) is 0 Å². The van der Waals surface area contributed by atoms with Crippen molar-refractivity contribution in [1.29, 1.82) is 0 Å². The fourth-order valence-corrected chi connectivity index (χ4v) is 4.34. The van der Waals surface area contributed by atoms with Crippen molar-refractivity contribution in [2.45, 2.75) is 12.6 Å². The van der Waals surface area contributed by atoms with Crippen molar-refractivity contribution in [3.8, 4) is 0 Å². The number of nitrogen functional groups attached to an aromatic ring is 1. The van der Waals surface area contributed by atoms with Gasteiger partial charge in [0.2, 0.25) is 0 Å². The Bertz CT molecular complexity index is 1300. The summed E-state index contributed by atoms with van der Waals surface area (Å²) in [5.74, 6) is 0.322. The number of nitrogens with zero attached hydrogens (tertiary/aromatic N) is 5. The van der Waals surface area contributed by atoms with Gasteiger partial charge in [-0.1, -0.05) is 17.2 Å². The molecule has 0 aliphatic carbocycles. The summed E-state index contributed by atoms with van der Waals surface area (Å²) in [6.45, 7) is 3.16. The quantitative estimate of drug-likeness (QED) is 0.493. The Morgan fingerprint density at radius 3 is 2.63 bits per heavy atom. The molecule has 1 unspecified atom stereocenters. The number of benzene rings is 1. The number of alkyl halides is 3. The molecule has 4 N–H and O–H groups in total. The minimum absolute atomic E-state index is 0.186. The molecule has 5 rings (SSSR count). The first-order valence-corrected chi connectivity index (χ1v) is 11.0. The molecule has 0 radical (unpaired) electrons. The first-order chi connectivity index (χ1) is 16.8. The average molecular weight is 483 g/mol. The molecule has 35 heavy (non-hydrogen) atoms. The lowest BCUT2D eigenvalue weighted by atomic mass is 10.0. The van der Waals surface area contributed by atoms with Gasteiger partial charge < -0.3 is 16.4 Å². The molecule has 2 aliphatic heterocycles. The lowest BCUT2D eigenvalue weighted by Crippen LogP contribution is -2.45. The number of hydrogen-bond donors (Lipinski definition) is 3. The summed E-state index contributed by atoms with van der Waals surface area (Å²) >= 11 is 0. The van der Waals surface area contributed by atoms with Crippen LogP contribution in [0.15, 0.2) is 54.0 Å². The zero-order valence-corrected chi connectivity index (χ0v) is 18.5. The maximum absolute atomic E-state index is 12.9. The number of rotatable bonds is 3. The van der Waals surface area contributed by atoms with E-state index >= 15 is 0 Å². The second kappa shape index (κ2) is 8.71. The number of aromatic nitrogens is 3. The third-order valence-electron chi connectivity index (χ3n) is 6.07. The molecule has 0 saturated carbocycles. The fourth-order valence-electron chi connectivity index (χ4n) is 4.34. The normalized spacial score (nSPS) is 19.7. The molecule has 3 aromatic rings. The number of nitrogens with one attached hydrogen (secondary N) is 2. The van der Waals surface area contributed by atoms with E-state index in [4.69, 9.17) is 10.8 Å². The number of carbonyl (C=O) groups is 1. The van der Waals surface area contributed by atoms with E-state index in [-0.39, 0.29) is 11.4 Å². The summed E-state index contributed by atoms with van der Waals surface area (Å²) in [4.78, 5) is 25.1. The molecule has 1 atom stereocenters. The minimum atomic E-state index is -4.53. The van der Waals surface area contributed by atoms with Crippen molar-refractivity contribution in [3.63, 3.8) is 0 Å². The highest BCUT2D eigenvalue weighted by molar-refractivity contribution is 6.20. The van der Waals surface area contributed by atoms with Gasteiger partial charge in [0.1, 0.15) is 42.3 Å². The minimum Gasteiger partial charge on any atom is -0.383 e. The Balaban J connectivity index is 1.42. The van der Waals surface area contributed by atoms with E-state index in [2.05, 4.69) is 25.6 Å². The number of carbonyl (C=O) groups excluding carboxylic acids is 1. The van der Waals surface area contributed by atoms with Crippen molar-refractivity contribution < 1.29 is 18.0 Å². The van der Waals surface area contributed by atoms with E-state index in [1.807, 2.05) is 0 Å². The van der Waals surface area contributed by atoms with Gasteiger partial charge in [-0.15, -0.1) is 4.59 Å². The highest BCUT2D eigenvalue weighted by Gasteiger charge is 2.45. The highest BCUT2D eigenvalue weighted by atomic mass is 19.4. The first-order valence-electron chi connectivity index (χ1n) is 11.0. The van der Waals surface area contributed by atoms with Gasteiger partial charge in [0, 0.05) is 36.8 Å². The third kappa shape index (κ3) is 4.33. The van der Waals surface area contributed by atoms with Gasteiger partial charge in [-0.3, -0.25) is 4.79 Å². The molecule has 1 fully saturated rings. The summed E-state index contributed by atoms with van der Waals surface area (Å²) in [7, 11) is 0. The number of hydrogen-bond acceptors (Lipinski definition) is 7. The molecule has 1 saturated heterocycles. The Labute approximate surface area is 198 Å². The molecule has 1 amide bonds. The molecule has 12 heteroatoms. The highest BCUT2D eigenvalue weighted by Crippen LogP contribution is 2.38. The number of pyridine rings is 1. The predicted octanol–water partition coefficient (Wildman–Crippen LogP) is 2.79. The monoisotopic (exact) mass is 483 g/mol. The van der Waals surface area contributed by atoms with Crippen LogP contribution in [0.1, 0.15) is 33.5 Å². The SMILES string of the molecule is Nc1ncnc2c1C(c1ccc(C(=O)Nc3cc(C(F)(F)F)ccn3)cc1)=N[N+]21CCCNCC1. The standard InChI is InChI=1S/C23H21F3N8O/c24-23(25,26)16-6-8-29-17(12-16)32-22(35)15-4-2-14(3-5-15)19-18-20(27)30-13-31-21(18)34(33-19)10-1-7-28-9-11-34/h2-6,8,12-13,28H,1,7,9-11H2,(H2-,27,29,30,31,32,33,35)/p+1. The van der Waals surface area contributed by atoms with Crippen LogP contribution in [-0.2, 0) is 6.18 Å². The molecular formula is C23H22F3N8O+. The predicted molar refractivity (Wildman–Crippen MR) is 125 cm³/mol. The van der Waals surface area contributed by atoms with Crippen LogP contribution >= 0.6 is 0 Å². The summed E-state index contributed by atoms with van der Waals surface area (Å²) in [6.07, 6.45) is -1.17. The van der Waals surface area contributed by atoms with Crippen LogP contribution in [0.3, 0.4) is 0 Å². The van der Waals surface area contributed by atoms with Crippen LogP contribution in [0, 0.1) is 0 Å². The topological polar surface area (TPSA) is 118 Å². The van der Waals surface area contributed by atoms with Gasteiger partial charge in [0.05, 0.1) is 5.56 Å². The van der Waals surface area contributed by atoms with E-state index in [1.165, 1.54) is 6.33 Å². The molecule has 4 heterocycles. The number of nitrogens with two attached hydrogens (primary N) is 1. The van der Waals surface area contributed by atoms with Crippen LogP contribution in [0.2, 0.25) is 0 Å². The second-order valence-electron chi connectivity index (χ2n) is 8.34. The Hall–Kier alpha value is -3.90. The van der Waals surface area contributed by atoms with Crippen LogP contribution in [0.4, 0.5) is 30.6 Å². The molecular weight excluding hydrogens is 461 g/mol. The summed E-state index contributed by atoms with van der Waals surface area (Å²) < 4.78 is 39.1. The number of anilines is 2. The van der Waals surface area contributed by atoms with Crippen LogP contribution in [-0.4, -0.2) is 52.7 Å². The Morgan fingerprint density at radius 1 is 1.06 bits per heavy atom. The average Bonchev–Trinajstić information content (AvgIpc) is 2.98. The number of fused-ring (bicyclic) bond motifs is 2. The van der Waals surface area contributed by atoms with Crippen LogP contribution in [0.25, 0.3) is 0 Å². The summed E-state index contributed by atoms with van der Waals surface area (Å²) in [6, 6.07) is 8.23. The largest absolute Gasteiger partial charge is 0.416 e. The summed E-state index contributed by atoms with van der Waals surface area (Å²) in [5, 5.41) is 10.8. The van der Waals surface area contributed by atoms with E-state index < -0.39 is 17.6 Å². The van der Waals surface area contributed by atoms with Crippen molar-refractivity contribution in [2.24, 2.45) is 5.10 Å². The van der Waals surface area contributed by atoms with E-state index in [1.54, 1.807) is 24.3 Å². The van der Waals surface area contributed by atoms with Gasteiger partial charge in [0.25, 0.3) is 11.7 Å². The smallest absolute Gasteiger partial charge is 0.383 e. The van der Waals surface area contributed by atoms with Gasteiger partial charge >= 0.3 is 6.18 Å².